The number of rotatable bonds is 8. The molecule has 0 amide bonds. The van der Waals surface area contributed by atoms with E-state index in [0.29, 0.717) is 0 Å². The minimum absolute atomic E-state index is 0.747. The first-order chi connectivity index (χ1) is 7.52. The summed E-state index contributed by atoms with van der Waals surface area (Å²) in [7, 11) is 0. The maximum atomic E-state index is 9.91. The Morgan fingerprint density at radius 1 is 0.562 bits per heavy atom. The van der Waals surface area contributed by atoms with Gasteiger partial charge in [-0.2, -0.15) is 0 Å². The Kier molecular flexibility index (Phi) is 6.34. The van der Waals surface area contributed by atoms with E-state index in [9.17, 15) is 5.11 Å². The number of hydrogen-bond acceptors (Lipinski definition) is 7. The molecule has 0 atom stereocenters. The lowest BCUT2D eigenvalue weighted by molar-refractivity contribution is -0.173. The zero-order chi connectivity index (χ0) is 12.8. The van der Waals surface area contributed by atoms with Crippen LogP contribution in [0.2, 0.25) is 0 Å². The first-order valence-corrected chi connectivity index (χ1v) is 4.85. The van der Waals surface area contributed by atoms with Crippen molar-refractivity contribution >= 4 is 0 Å². The fourth-order valence-electron chi connectivity index (χ4n) is 1.47. The second-order valence-corrected chi connectivity index (χ2v) is 4.08. The zero-order valence-electron chi connectivity index (χ0n) is 8.95. The maximum absolute atomic E-state index is 9.91. The third kappa shape index (κ3) is 2.51. The van der Waals surface area contributed by atoms with Crippen LogP contribution in [0.1, 0.15) is 0 Å². The number of aliphatic hydroxyl groups is 7. The molecule has 0 saturated carbocycles. The summed E-state index contributed by atoms with van der Waals surface area (Å²) in [5.74, 6) is 0. The van der Waals surface area contributed by atoms with Crippen LogP contribution in [0.5, 0.6) is 0 Å². The van der Waals surface area contributed by atoms with E-state index < -0.39 is 56.6 Å². The molecule has 0 rings (SSSR count). The molecule has 0 aromatic heterocycles. The van der Waals surface area contributed by atoms with E-state index in [1.54, 1.807) is 0 Å². The van der Waals surface area contributed by atoms with Crippen molar-refractivity contribution < 1.29 is 35.7 Å². The van der Waals surface area contributed by atoms with Crippen LogP contribution < -0.4 is 0 Å². The quantitative estimate of drug-likeness (QED) is 0.231. The van der Waals surface area contributed by atoms with Crippen LogP contribution in [0.25, 0.3) is 0 Å². The van der Waals surface area contributed by atoms with Gasteiger partial charge in [0.2, 0.25) is 0 Å². The highest BCUT2D eigenvalue weighted by Crippen LogP contribution is 2.33. The van der Waals surface area contributed by atoms with E-state index in [2.05, 4.69) is 0 Å². The molecular weight excluding hydrogens is 220 g/mol. The molecule has 7 N–H and O–H groups in total. The molecule has 0 aromatic rings. The molecule has 0 aliphatic rings. The average molecular weight is 240 g/mol. The minimum atomic E-state index is -1.69. The lowest BCUT2D eigenvalue weighted by atomic mass is 9.70. The molecule has 0 radical (unpaired) electrons. The summed E-state index contributed by atoms with van der Waals surface area (Å²) < 4.78 is 0. The topological polar surface area (TPSA) is 142 Å². The lowest BCUT2D eigenvalue weighted by Crippen LogP contribution is -2.58. The first kappa shape index (κ1) is 15.7. The Balaban J connectivity index is 5.16. The van der Waals surface area contributed by atoms with Crippen LogP contribution in [0, 0.1) is 10.8 Å². The van der Waals surface area contributed by atoms with Gasteiger partial charge in [-0.1, -0.05) is 0 Å². The van der Waals surface area contributed by atoms with E-state index in [1.807, 2.05) is 0 Å². The Morgan fingerprint density at radius 3 is 0.875 bits per heavy atom. The van der Waals surface area contributed by atoms with Gasteiger partial charge in [0.05, 0.1) is 56.6 Å². The average Bonchev–Trinajstić information content (AvgIpc) is 2.35. The summed E-state index contributed by atoms with van der Waals surface area (Å²) in [4.78, 5) is 0. The molecule has 16 heavy (non-hydrogen) atoms. The first-order valence-electron chi connectivity index (χ1n) is 4.85. The summed E-state index contributed by atoms with van der Waals surface area (Å²) in [6.45, 7) is -4.48. The standard InChI is InChI=1S/C9H20O7/c10-1-8(2-11,3-12)7(16)9(4-13,5-14)6-15/h7,10-16H,1-6H2. The summed E-state index contributed by atoms with van der Waals surface area (Å²) in [5.41, 5.74) is -3.37. The van der Waals surface area contributed by atoms with Gasteiger partial charge in [-0.25, -0.2) is 0 Å². The third-order valence-electron chi connectivity index (χ3n) is 3.05. The summed E-state index contributed by atoms with van der Waals surface area (Å²) >= 11 is 0. The molecule has 0 fully saturated rings. The van der Waals surface area contributed by atoms with E-state index in [-0.39, 0.29) is 0 Å². The maximum Gasteiger partial charge on any atom is 0.0785 e. The lowest BCUT2D eigenvalue weighted by Gasteiger charge is -2.43. The minimum Gasteiger partial charge on any atom is -0.396 e. The second kappa shape index (κ2) is 6.45. The van der Waals surface area contributed by atoms with Crippen LogP contribution in [-0.4, -0.2) is 81.5 Å². The van der Waals surface area contributed by atoms with Gasteiger partial charge in [-0.3, -0.25) is 0 Å². The Bertz CT molecular complexity index is 152. The van der Waals surface area contributed by atoms with Gasteiger partial charge in [0, 0.05) is 0 Å². The van der Waals surface area contributed by atoms with Gasteiger partial charge in [0.25, 0.3) is 0 Å². The van der Waals surface area contributed by atoms with Gasteiger partial charge in [-0.15, -0.1) is 0 Å². The highest BCUT2D eigenvalue weighted by atomic mass is 16.3. The third-order valence-corrected chi connectivity index (χ3v) is 3.05. The molecule has 98 valence electrons. The van der Waals surface area contributed by atoms with Gasteiger partial charge < -0.3 is 35.7 Å². The highest BCUT2D eigenvalue weighted by Gasteiger charge is 2.49. The predicted octanol–water partition coefficient (Wildman–Crippen LogP) is -3.73. The second-order valence-electron chi connectivity index (χ2n) is 4.08. The fourth-order valence-corrected chi connectivity index (χ4v) is 1.47. The molecule has 0 aliphatic heterocycles. The normalized spacial score (nSPS) is 13.5. The number of aliphatic hydroxyl groups excluding tert-OH is 7. The van der Waals surface area contributed by atoms with Gasteiger partial charge in [-0.05, 0) is 0 Å². The van der Waals surface area contributed by atoms with Crippen LogP contribution in [0.15, 0.2) is 0 Å². The van der Waals surface area contributed by atoms with E-state index in [1.165, 1.54) is 0 Å². The smallest absolute Gasteiger partial charge is 0.0785 e. The van der Waals surface area contributed by atoms with E-state index in [0.717, 1.165) is 0 Å². The van der Waals surface area contributed by atoms with E-state index in [4.69, 9.17) is 30.6 Å². The largest absolute Gasteiger partial charge is 0.396 e. The van der Waals surface area contributed by atoms with Crippen LogP contribution >= 0.6 is 0 Å². The van der Waals surface area contributed by atoms with Crippen LogP contribution in [-0.2, 0) is 0 Å². The van der Waals surface area contributed by atoms with Crippen molar-refractivity contribution in [1.82, 2.24) is 0 Å². The number of hydrogen-bond donors (Lipinski definition) is 7. The molecule has 0 unspecified atom stereocenters. The van der Waals surface area contributed by atoms with Gasteiger partial charge in [0.1, 0.15) is 0 Å². The van der Waals surface area contributed by atoms with Crippen LogP contribution in [0.3, 0.4) is 0 Å². The zero-order valence-corrected chi connectivity index (χ0v) is 8.95. The van der Waals surface area contributed by atoms with Crippen molar-refractivity contribution in [2.24, 2.45) is 10.8 Å². The Labute approximate surface area is 93.2 Å². The van der Waals surface area contributed by atoms with Crippen molar-refractivity contribution in [3.8, 4) is 0 Å². The molecule has 7 heteroatoms. The Hall–Kier alpha value is -0.280. The van der Waals surface area contributed by atoms with Crippen molar-refractivity contribution in [2.75, 3.05) is 39.6 Å². The van der Waals surface area contributed by atoms with Gasteiger partial charge >= 0.3 is 0 Å². The van der Waals surface area contributed by atoms with Crippen molar-refractivity contribution in [3.63, 3.8) is 0 Å². The van der Waals surface area contributed by atoms with Crippen LogP contribution in [0.4, 0.5) is 0 Å². The molecular formula is C9H20O7. The van der Waals surface area contributed by atoms with Crippen molar-refractivity contribution in [3.05, 3.63) is 0 Å². The highest BCUT2D eigenvalue weighted by molar-refractivity contribution is 4.97. The molecule has 0 saturated heterocycles. The van der Waals surface area contributed by atoms with Crippen molar-refractivity contribution in [2.45, 2.75) is 6.10 Å². The molecule has 0 spiro atoms. The van der Waals surface area contributed by atoms with Crippen molar-refractivity contribution in [1.29, 1.82) is 0 Å². The van der Waals surface area contributed by atoms with Gasteiger partial charge in [0.15, 0.2) is 0 Å². The molecule has 0 aromatic carbocycles. The molecule has 7 nitrogen and oxygen atoms in total. The Morgan fingerprint density at radius 2 is 0.750 bits per heavy atom. The summed E-state index contributed by atoms with van der Waals surface area (Å²) in [6.07, 6.45) is -1.65. The SMILES string of the molecule is OCC(CO)(CO)C(O)C(CO)(CO)CO. The molecule has 0 heterocycles. The summed E-state index contributed by atoms with van der Waals surface area (Å²) in [6, 6.07) is 0. The predicted molar refractivity (Wildman–Crippen MR) is 53.4 cm³/mol. The summed E-state index contributed by atoms with van der Waals surface area (Å²) in [5, 5.41) is 64.3. The monoisotopic (exact) mass is 240 g/mol. The molecule has 0 bridgehead atoms. The van der Waals surface area contributed by atoms with E-state index >= 15 is 0 Å². The molecule has 0 aliphatic carbocycles. The fraction of sp³-hybridized carbons (Fsp3) is 1.00.